The molecule has 0 amide bonds. The Morgan fingerprint density at radius 3 is 1.70 bits per heavy atom. The third-order valence-corrected chi connectivity index (χ3v) is 8.68. The zero-order valence-corrected chi connectivity index (χ0v) is 25.3. The van der Waals surface area contributed by atoms with Gasteiger partial charge in [-0.3, -0.25) is 19.2 Å². The lowest BCUT2D eigenvalue weighted by atomic mass is 9.75. The van der Waals surface area contributed by atoms with Crippen molar-refractivity contribution in [1.82, 2.24) is 0 Å². The largest absolute Gasteiger partial charge is 0.469 e. The summed E-state index contributed by atoms with van der Waals surface area (Å²) >= 11 is 24.5. The minimum Gasteiger partial charge on any atom is -0.469 e. The summed E-state index contributed by atoms with van der Waals surface area (Å²) in [7, 11) is 2.61. The summed E-state index contributed by atoms with van der Waals surface area (Å²) in [6, 6.07) is 10.5. The van der Waals surface area contributed by atoms with Crippen molar-refractivity contribution in [3.8, 4) is 0 Å². The number of carbonyl (C=O) groups is 4. The number of rotatable bonds is 4. The number of hydrogen-bond donors (Lipinski definition) is 0. The lowest BCUT2D eigenvalue weighted by Gasteiger charge is -2.29. The Morgan fingerprint density at radius 1 is 0.725 bits per heavy atom. The molecule has 10 heteroatoms. The lowest BCUT2D eigenvalue weighted by Crippen LogP contribution is -2.33. The van der Waals surface area contributed by atoms with Gasteiger partial charge in [-0.15, -0.1) is 0 Å². The molecule has 0 fully saturated rings. The molecule has 4 rings (SSSR count). The Kier molecular flexibility index (Phi) is 11.0. The van der Waals surface area contributed by atoms with Gasteiger partial charge in [0.15, 0.2) is 11.6 Å². The van der Waals surface area contributed by atoms with Gasteiger partial charge in [0, 0.05) is 18.3 Å². The molecule has 0 N–H and O–H groups in total. The van der Waals surface area contributed by atoms with Gasteiger partial charge in [0.2, 0.25) is 0 Å². The number of hydrogen-bond acceptors (Lipinski definition) is 6. The van der Waals surface area contributed by atoms with E-state index in [1.807, 2.05) is 6.92 Å². The van der Waals surface area contributed by atoms with Crippen LogP contribution in [0.2, 0.25) is 20.1 Å². The van der Waals surface area contributed by atoms with E-state index < -0.39 is 17.8 Å². The highest BCUT2D eigenvalue weighted by molar-refractivity contribution is 6.43. The summed E-state index contributed by atoms with van der Waals surface area (Å²) in [4.78, 5) is 47.9. The first-order valence-electron chi connectivity index (χ1n) is 12.4. The van der Waals surface area contributed by atoms with E-state index in [1.54, 1.807) is 43.3 Å². The maximum atomic E-state index is 12.1. The second kappa shape index (κ2) is 13.8. The minimum atomic E-state index is -0.861. The molecule has 0 heterocycles. The molecule has 4 unspecified atom stereocenters. The molecule has 0 bridgehead atoms. The van der Waals surface area contributed by atoms with Gasteiger partial charge in [-0.25, -0.2) is 0 Å². The average molecular weight is 626 g/mol. The van der Waals surface area contributed by atoms with Crippen LogP contribution in [0.3, 0.4) is 0 Å². The first kappa shape index (κ1) is 31.9. The topological polar surface area (TPSA) is 86.7 Å². The van der Waals surface area contributed by atoms with Crippen LogP contribution in [0.15, 0.2) is 59.7 Å². The summed E-state index contributed by atoms with van der Waals surface area (Å²) in [5.41, 5.74) is 3.01. The van der Waals surface area contributed by atoms with Crippen molar-refractivity contribution in [3.63, 3.8) is 0 Å². The number of halogens is 4. The van der Waals surface area contributed by atoms with Crippen LogP contribution in [-0.4, -0.2) is 37.7 Å². The van der Waals surface area contributed by atoms with E-state index in [-0.39, 0.29) is 35.8 Å². The smallest absolute Gasteiger partial charge is 0.317 e. The Bertz CT molecular complexity index is 1350. The average Bonchev–Trinajstić information content (AvgIpc) is 2.90. The maximum Gasteiger partial charge on any atom is 0.317 e. The van der Waals surface area contributed by atoms with Gasteiger partial charge in [0.1, 0.15) is 5.92 Å². The molecule has 212 valence electrons. The van der Waals surface area contributed by atoms with Gasteiger partial charge in [-0.1, -0.05) is 81.8 Å². The highest BCUT2D eigenvalue weighted by atomic mass is 35.5. The van der Waals surface area contributed by atoms with Crippen LogP contribution in [0.25, 0.3) is 0 Å². The van der Waals surface area contributed by atoms with Crippen molar-refractivity contribution < 1.29 is 28.7 Å². The fraction of sp³-hybridized carbons (Fsp3) is 0.333. The predicted octanol–water partition coefficient (Wildman–Crippen LogP) is 7.57. The molecule has 0 aromatic heterocycles. The molecule has 4 atom stereocenters. The standard InChI is InChI=1S/2C15H14Cl2O3/c1-8-6-9(18)7-11(13(8)15(19)20-2)10-4-3-5-12(16)14(10)17;1-8-6-10(9-4-3-5-11(16)14(9)17)13(12(18)7-8)15(19)20-2/h3-6,11,13H,7H2,1-2H3;3-5,7,10,13H,6H2,1-2H3. The van der Waals surface area contributed by atoms with E-state index in [1.165, 1.54) is 26.4 Å². The number of esters is 2. The van der Waals surface area contributed by atoms with E-state index in [9.17, 15) is 19.2 Å². The van der Waals surface area contributed by atoms with Crippen LogP contribution in [0.5, 0.6) is 0 Å². The molecule has 0 spiro atoms. The first-order valence-corrected chi connectivity index (χ1v) is 13.9. The molecule has 0 saturated heterocycles. The summed E-state index contributed by atoms with van der Waals surface area (Å²) in [5, 5.41) is 1.59. The van der Waals surface area contributed by atoms with Gasteiger partial charge in [0.05, 0.1) is 40.2 Å². The molecule has 2 aromatic rings. The van der Waals surface area contributed by atoms with Gasteiger partial charge in [-0.2, -0.15) is 0 Å². The number of methoxy groups -OCH3 is 2. The SMILES string of the molecule is COC(=O)C1C(=O)C=C(C)CC1c1cccc(Cl)c1Cl.COC(=O)C1C(C)=CC(=O)CC1c1cccc(Cl)c1Cl. The maximum absolute atomic E-state index is 12.1. The second-order valence-electron chi connectivity index (χ2n) is 9.66. The number of allylic oxidation sites excluding steroid dienone is 3. The third-order valence-electron chi connectivity index (χ3n) is 7.01. The van der Waals surface area contributed by atoms with Crippen LogP contribution in [0.1, 0.15) is 49.7 Å². The number of ketones is 2. The normalized spacial score (nSPS) is 22.4. The quantitative estimate of drug-likeness (QED) is 0.257. The summed E-state index contributed by atoms with van der Waals surface area (Å²) in [5.74, 6) is -3.23. The van der Waals surface area contributed by atoms with Crippen LogP contribution >= 0.6 is 46.4 Å². The van der Waals surface area contributed by atoms with Crippen LogP contribution in [0.4, 0.5) is 0 Å². The van der Waals surface area contributed by atoms with Crippen LogP contribution in [0, 0.1) is 11.8 Å². The highest BCUT2D eigenvalue weighted by Crippen LogP contribution is 2.43. The molecule has 0 aliphatic heterocycles. The Hall–Kier alpha value is -2.64. The van der Waals surface area contributed by atoms with Gasteiger partial charge in [0.25, 0.3) is 0 Å². The van der Waals surface area contributed by atoms with E-state index in [0.29, 0.717) is 43.2 Å². The molecule has 0 radical (unpaired) electrons. The van der Waals surface area contributed by atoms with Gasteiger partial charge >= 0.3 is 11.9 Å². The van der Waals surface area contributed by atoms with E-state index in [4.69, 9.17) is 55.9 Å². The van der Waals surface area contributed by atoms with Crippen LogP contribution < -0.4 is 0 Å². The Morgan fingerprint density at radius 2 is 1.20 bits per heavy atom. The third kappa shape index (κ3) is 6.98. The van der Waals surface area contributed by atoms with Crippen molar-refractivity contribution in [3.05, 3.63) is 90.9 Å². The van der Waals surface area contributed by atoms with Crippen molar-refractivity contribution >= 4 is 69.9 Å². The van der Waals surface area contributed by atoms with Crippen molar-refractivity contribution in [2.24, 2.45) is 11.8 Å². The molecule has 40 heavy (non-hydrogen) atoms. The Balaban J connectivity index is 0.000000220. The van der Waals surface area contributed by atoms with E-state index in [0.717, 1.165) is 5.57 Å². The molecular formula is C30H28Cl4O6. The first-order chi connectivity index (χ1) is 18.9. The number of carbonyl (C=O) groups excluding carboxylic acids is 4. The highest BCUT2D eigenvalue weighted by Gasteiger charge is 2.40. The zero-order valence-electron chi connectivity index (χ0n) is 22.3. The molecule has 2 aliphatic carbocycles. The predicted molar refractivity (Wildman–Crippen MR) is 156 cm³/mol. The summed E-state index contributed by atoms with van der Waals surface area (Å²) in [6.45, 7) is 3.61. The lowest BCUT2D eigenvalue weighted by molar-refractivity contribution is -0.149. The number of ether oxygens (including phenoxy) is 2. The fourth-order valence-electron chi connectivity index (χ4n) is 5.19. The number of benzene rings is 2. The Labute approximate surface area is 253 Å². The van der Waals surface area contributed by atoms with Gasteiger partial charge in [-0.05, 0) is 55.7 Å². The van der Waals surface area contributed by atoms with E-state index in [2.05, 4.69) is 0 Å². The summed E-state index contributed by atoms with van der Waals surface area (Å²) in [6.07, 6.45) is 3.79. The zero-order chi connectivity index (χ0) is 29.7. The molecule has 6 nitrogen and oxygen atoms in total. The molecule has 2 aromatic carbocycles. The van der Waals surface area contributed by atoms with E-state index >= 15 is 0 Å². The van der Waals surface area contributed by atoms with Crippen molar-refractivity contribution in [1.29, 1.82) is 0 Å². The van der Waals surface area contributed by atoms with Gasteiger partial charge < -0.3 is 9.47 Å². The van der Waals surface area contributed by atoms with Crippen molar-refractivity contribution in [2.45, 2.75) is 38.5 Å². The monoisotopic (exact) mass is 624 g/mol. The van der Waals surface area contributed by atoms with Crippen LogP contribution in [-0.2, 0) is 28.7 Å². The minimum absolute atomic E-state index is 0.0244. The molecule has 0 saturated carbocycles. The molecule has 2 aliphatic rings. The fourth-order valence-corrected chi connectivity index (χ4v) is 6.08. The molecular weight excluding hydrogens is 598 g/mol. The second-order valence-corrected chi connectivity index (χ2v) is 11.2. The van der Waals surface area contributed by atoms with Crippen molar-refractivity contribution in [2.75, 3.05) is 14.2 Å². The summed E-state index contributed by atoms with van der Waals surface area (Å²) < 4.78 is 9.60.